The van der Waals surface area contributed by atoms with Gasteiger partial charge in [0.05, 0.1) is 24.7 Å². The SMILES string of the molecule is CCOP(=O)(OCC)Oc1ccc([N+](=O)[O-])cc1CO. The van der Waals surface area contributed by atoms with Gasteiger partial charge in [0.15, 0.2) is 0 Å². The Hall–Kier alpha value is -1.47. The van der Waals surface area contributed by atoms with Crippen LogP contribution in [0.2, 0.25) is 0 Å². The Balaban J connectivity index is 3.06. The van der Waals surface area contributed by atoms with Crippen molar-refractivity contribution in [2.45, 2.75) is 20.5 Å². The highest BCUT2D eigenvalue weighted by molar-refractivity contribution is 7.48. The molecule has 9 heteroatoms. The highest BCUT2D eigenvalue weighted by Gasteiger charge is 2.28. The monoisotopic (exact) mass is 305 g/mol. The summed E-state index contributed by atoms with van der Waals surface area (Å²) in [5.74, 6) is 0.0170. The lowest BCUT2D eigenvalue weighted by Crippen LogP contribution is -2.04. The summed E-state index contributed by atoms with van der Waals surface area (Å²) in [5.41, 5.74) is -0.0807. The van der Waals surface area contributed by atoms with Crippen LogP contribution in [0.3, 0.4) is 0 Å². The van der Waals surface area contributed by atoms with Gasteiger partial charge in [-0.25, -0.2) is 4.57 Å². The van der Waals surface area contributed by atoms with Gasteiger partial charge in [0.1, 0.15) is 5.75 Å². The number of hydrogen-bond acceptors (Lipinski definition) is 7. The number of aliphatic hydroxyl groups is 1. The van der Waals surface area contributed by atoms with Crippen LogP contribution in [0.25, 0.3) is 0 Å². The zero-order valence-corrected chi connectivity index (χ0v) is 12.0. The third kappa shape index (κ3) is 4.28. The first-order chi connectivity index (χ1) is 9.45. The van der Waals surface area contributed by atoms with E-state index in [2.05, 4.69) is 0 Å². The van der Waals surface area contributed by atoms with E-state index < -0.39 is 19.4 Å². The van der Waals surface area contributed by atoms with E-state index in [9.17, 15) is 19.8 Å². The number of phosphoric acid groups is 1. The lowest BCUT2D eigenvalue weighted by molar-refractivity contribution is -0.385. The van der Waals surface area contributed by atoms with Gasteiger partial charge in [-0.05, 0) is 19.9 Å². The quantitative estimate of drug-likeness (QED) is 0.446. The molecule has 0 aliphatic heterocycles. The van der Waals surface area contributed by atoms with Crippen molar-refractivity contribution in [3.63, 3.8) is 0 Å². The van der Waals surface area contributed by atoms with Crippen LogP contribution in [-0.4, -0.2) is 23.2 Å². The van der Waals surface area contributed by atoms with E-state index in [4.69, 9.17) is 13.6 Å². The molecular weight excluding hydrogens is 289 g/mol. The molecular formula is C11H16NO7P. The third-order valence-electron chi connectivity index (χ3n) is 2.21. The second-order valence-corrected chi connectivity index (χ2v) is 5.17. The van der Waals surface area contributed by atoms with Crippen molar-refractivity contribution >= 4 is 13.5 Å². The van der Waals surface area contributed by atoms with Crippen LogP contribution in [0.5, 0.6) is 5.75 Å². The van der Waals surface area contributed by atoms with Crippen molar-refractivity contribution in [2.24, 2.45) is 0 Å². The van der Waals surface area contributed by atoms with Gasteiger partial charge >= 0.3 is 7.82 Å². The van der Waals surface area contributed by atoms with Crippen LogP contribution in [0.4, 0.5) is 5.69 Å². The smallest absolute Gasteiger partial charge is 0.404 e. The maximum absolute atomic E-state index is 12.2. The molecule has 1 N–H and O–H groups in total. The summed E-state index contributed by atoms with van der Waals surface area (Å²) in [4.78, 5) is 10.0. The predicted octanol–water partition coefficient (Wildman–Crippen LogP) is 2.65. The summed E-state index contributed by atoms with van der Waals surface area (Å²) < 4.78 is 27.2. The molecule has 0 radical (unpaired) electrons. The Labute approximate surface area is 116 Å². The number of phosphoric ester groups is 1. The molecule has 20 heavy (non-hydrogen) atoms. The lowest BCUT2D eigenvalue weighted by Gasteiger charge is -2.18. The fourth-order valence-electron chi connectivity index (χ4n) is 1.42. The van der Waals surface area contributed by atoms with E-state index in [-0.39, 0.29) is 30.2 Å². The largest absolute Gasteiger partial charge is 0.530 e. The summed E-state index contributed by atoms with van der Waals surface area (Å²) in [6.45, 7) is 2.96. The van der Waals surface area contributed by atoms with Crippen molar-refractivity contribution in [3.05, 3.63) is 33.9 Å². The molecule has 1 aromatic rings. The first-order valence-electron chi connectivity index (χ1n) is 5.92. The molecule has 1 aromatic carbocycles. The van der Waals surface area contributed by atoms with Crippen LogP contribution in [0, 0.1) is 10.1 Å². The number of non-ortho nitro benzene ring substituents is 1. The van der Waals surface area contributed by atoms with Gasteiger partial charge in [-0.3, -0.25) is 19.2 Å². The van der Waals surface area contributed by atoms with Gasteiger partial charge in [-0.2, -0.15) is 0 Å². The fourth-order valence-corrected chi connectivity index (χ4v) is 2.65. The van der Waals surface area contributed by atoms with Gasteiger partial charge in [0, 0.05) is 17.7 Å². The molecule has 0 saturated heterocycles. The zero-order chi connectivity index (χ0) is 15.2. The van der Waals surface area contributed by atoms with Gasteiger partial charge in [-0.15, -0.1) is 0 Å². The Morgan fingerprint density at radius 1 is 1.30 bits per heavy atom. The maximum Gasteiger partial charge on any atom is 0.530 e. The molecule has 0 fully saturated rings. The van der Waals surface area contributed by atoms with Crippen LogP contribution >= 0.6 is 7.82 Å². The number of nitrogens with zero attached hydrogens (tertiary/aromatic N) is 1. The molecule has 0 aliphatic rings. The second kappa shape index (κ2) is 7.35. The van der Waals surface area contributed by atoms with Crippen LogP contribution in [-0.2, 0) is 20.2 Å². The molecule has 0 heterocycles. The van der Waals surface area contributed by atoms with Crippen molar-refractivity contribution in [3.8, 4) is 5.75 Å². The van der Waals surface area contributed by atoms with E-state index in [1.807, 2.05) is 0 Å². The van der Waals surface area contributed by atoms with Crippen LogP contribution in [0.15, 0.2) is 18.2 Å². The molecule has 0 aromatic heterocycles. The molecule has 0 aliphatic carbocycles. The van der Waals surface area contributed by atoms with Gasteiger partial charge in [-0.1, -0.05) is 0 Å². The van der Waals surface area contributed by atoms with E-state index in [1.165, 1.54) is 12.1 Å². The molecule has 0 bridgehead atoms. The zero-order valence-electron chi connectivity index (χ0n) is 11.1. The highest BCUT2D eigenvalue weighted by Crippen LogP contribution is 2.50. The van der Waals surface area contributed by atoms with E-state index in [0.29, 0.717) is 0 Å². The summed E-state index contributed by atoms with van der Waals surface area (Å²) in [5, 5.41) is 19.9. The predicted molar refractivity (Wildman–Crippen MR) is 70.5 cm³/mol. The highest BCUT2D eigenvalue weighted by atomic mass is 31.2. The van der Waals surface area contributed by atoms with Gasteiger partial charge in [0.25, 0.3) is 5.69 Å². The Bertz CT molecular complexity index is 509. The Morgan fingerprint density at radius 3 is 2.35 bits per heavy atom. The molecule has 0 saturated carbocycles. The molecule has 0 unspecified atom stereocenters. The molecule has 0 spiro atoms. The topological polar surface area (TPSA) is 108 Å². The molecule has 8 nitrogen and oxygen atoms in total. The number of hydrogen-bond donors (Lipinski definition) is 1. The van der Waals surface area contributed by atoms with Crippen molar-refractivity contribution < 1.29 is 28.2 Å². The summed E-state index contributed by atoms with van der Waals surface area (Å²) in [6, 6.07) is 3.56. The number of nitro benzene ring substituents is 1. The first-order valence-corrected chi connectivity index (χ1v) is 7.38. The minimum absolute atomic E-state index is 0.0170. The summed E-state index contributed by atoms with van der Waals surface area (Å²) >= 11 is 0. The van der Waals surface area contributed by atoms with Crippen molar-refractivity contribution in [1.82, 2.24) is 0 Å². The summed E-state index contributed by atoms with van der Waals surface area (Å²) in [7, 11) is -3.80. The maximum atomic E-state index is 12.2. The lowest BCUT2D eigenvalue weighted by atomic mass is 10.2. The van der Waals surface area contributed by atoms with Crippen LogP contribution in [0.1, 0.15) is 19.4 Å². The average Bonchev–Trinajstić information content (AvgIpc) is 2.39. The number of rotatable bonds is 8. The van der Waals surface area contributed by atoms with Gasteiger partial charge in [0.2, 0.25) is 0 Å². The normalized spacial score (nSPS) is 11.3. The summed E-state index contributed by atoms with van der Waals surface area (Å²) in [6.07, 6.45) is 0. The second-order valence-electron chi connectivity index (χ2n) is 3.58. The number of benzene rings is 1. The Kier molecular flexibility index (Phi) is 6.09. The first kappa shape index (κ1) is 16.6. The minimum Gasteiger partial charge on any atom is -0.404 e. The average molecular weight is 305 g/mol. The Morgan fingerprint density at radius 2 is 1.90 bits per heavy atom. The minimum atomic E-state index is -3.80. The van der Waals surface area contributed by atoms with Crippen molar-refractivity contribution in [2.75, 3.05) is 13.2 Å². The van der Waals surface area contributed by atoms with E-state index >= 15 is 0 Å². The van der Waals surface area contributed by atoms with Gasteiger partial charge < -0.3 is 9.63 Å². The molecule has 0 amide bonds. The molecule has 1 rings (SSSR count). The fraction of sp³-hybridized carbons (Fsp3) is 0.455. The molecule has 112 valence electrons. The van der Waals surface area contributed by atoms with E-state index in [0.717, 1.165) is 6.07 Å². The number of aliphatic hydroxyl groups excluding tert-OH is 1. The molecule has 0 atom stereocenters. The van der Waals surface area contributed by atoms with Crippen molar-refractivity contribution in [1.29, 1.82) is 0 Å². The van der Waals surface area contributed by atoms with E-state index in [1.54, 1.807) is 13.8 Å². The number of nitro groups is 1. The van der Waals surface area contributed by atoms with Crippen LogP contribution < -0.4 is 4.52 Å². The standard InChI is InChI=1S/C11H16NO7P/c1-3-17-20(16,18-4-2)19-11-6-5-10(12(14)15)7-9(11)8-13/h5-7,13H,3-4,8H2,1-2H3. The third-order valence-corrected chi connectivity index (χ3v) is 3.78.